The molecule has 0 saturated carbocycles. The summed E-state index contributed by atoms with van der Waals surface area (Å²) >= 11 is 0. The highest BCUT2D eigenvalue weighted by atomic mass is 16.7. The van der Waals surface area contributed by atoms with Crippen molar-refractivity contribution in [2.45, 2.75) is 18.9 Å². The molecule has 0 aliphatic carbocycles. The van der Waals surface area contributed by atoms with E-state index in [0.29, 0.717) is 18.8 Å². The van der Waals surface area contributed by atoms with Crippen LogP contribution in [0.3, 0.4) is 0 Å². The number of hydrogen-bond acceptors (Lipinski definition) is 4. The van der Waals surface area contributed by atoms with E-state index >= 15 is 0 Å². The van der Waals surface area contributed by atoms with E-state index in [1.165, 1.54) is 12.0 Å². The van der Waals surface area contributed by atoms with Crippen LogP contribution in [0.2, 0.25) is 0 Å². The van der Waals surface area contributed by atoms with E-state index in [4.69, 9.17) is 15.2 Å². The standard InChI is InChI=1S/C13H18N2O2/c14-7-10-4-5-15-11(10)6-9-2-1-3-12-13(9)17-8-16-12/h1-3,10-11,15H,4-8,14H2. The first-order valence-corrected chi connectivity index (χ1v) is 6.19. The summed E-state index contributed by atoms with van der Waals surface area (Å²) in [5.74, 6) is 2.36. The lowest BCUT2D eigenvalue weighted by atomic mass is 9.94. The highest BCUT2D eigenvalue weighted by molar-refractivity contribution is 5.48. The van der Waals surface area contributed by atoms with E-state index in [1.54, 1.807) is 0 Å². The minimum atomic E-state index is 0.338. The van der Waals surface area contributed by atoms with Gasteiger partial charge in [0.15, 0.2) is 11.5 Å². The molecule has 2 aliphatic rings. The van der Waals surface area contributed by atoms with Gasteiger partial charge < -0.3 is 20.5 Å². The number of nitrogens with one attached hydrogen (secondary N) is 1. The Hall–Kier alpha value is -1.26. The molecule has 0 bridgehead atoms. The zero-order chi connectivity index (χ0) is 11.7. The predicted molar refractivity (Wildman–Crippen MR) is 65.2 cm³/mol. The molecule has 2 aliphatic heterocycles. The van der Waals surface area contributed by atoms with Gasteiger partial charge in [-0.25, -0.2) is 0 Å². The van der Waals surface area contributed by atoms with Crippen LogP contribution in [-0.2, 0) is 6.42 Å². The SMILES string of the molecule is NCC1CCNC1Cc1cccc2c1OCO2. The van der Waals surface area contributed by atoms with Gasteiger partial charge >= 0.3 is 0 Å². The van der Waals surface area contributed by atoms with E-state index in [-0.39, 0.29) is 0 Å². The van der Waals surface area contributed by atoms with Crippen LogP contribution in [0.1, 0.15) is 12.0 Å². The molecule has 1 saturated heterocycles. The van der Waals surface area contributed by atoms with Crippen molar-refractivity contribution >= 4 is 0 Å². The van der Waals surface area contributed by atoms with Gasteiger partial charge in [0.2, 0.25) is 6.79 Å². The van der Waals surface area contributed by atoms with Crippen molar-refractivity contribution in [1.29, 1.82) is 0 Å². The first-order chi connectivity index (χ1) is 8.38. The molecule has 1 aromatic carbocycles. The first-order valence-electron chi connectivity index (χ1n) is 6.19. The van der Waals surface area contributed by atoms with Gasteiger partial charge in [-0.05, 0) is 43.5 Å². The Kier molecular flexibility index (Phi) is 2.91. The van der Waals surface area contributed by atoms with Crippen LogP contribution in [-0.4, -0.2) is 25.9 Å². The van der Waals surface area contributed by atoms with Gasteiger partial charge in [-0.3, -0.25) is 0 Å². The van der Waals surface area contributed by atoms with Gasteiger partial charge in [-0.2, -0.15) is 0 Å². The molecule has 92 valence electrons. The summed E-state index contributed by atoms with van der Waals surface area (Å²) in [5.41, 5.74) is 7.01. The average Bonchev–Trinajstić information content (AvgIpc) is 2.97. The van der Waals surface area contributed by atoms with E-state index in [1.807, 2.05) is 12.1 Å². The minimum Gasteiger partial charge on any atom is -0.454 e. The first kappa shape index (κ1) is 10.9. The van der Waals surface area contributed by atoms with Crippen LogP contribution < -0.4 is 20.5 Å². The second kappa shape index (κ2) is 4.55. The third kappa shape index (κ3) is 1.98. The predicted octanol–water partition coefficient (Wildman–Crippen LogP) is 0.895. The molecule has 0 amide bonds. The Labute approximate surface area is 101 Å². The molecule has 2 heterocycles. The molecule has 0 spiro atoms. The molecule has 1 fully saturated rings. The lowest BCUT2D eigenvalue weighted by molar-refractivity contribution is 0.173. The molecule has 1 aromatic rings. The zero-order valence-electron chi connectivity index (χ0n) is 9.82. The summed E-state index contributed by atoms with van der Waals surface area (Å²) in [4.78, 5) is 0. The van der Waals surface area contributed by atoms with Crippen molar-refractivity contribution < 1.29 is 9.47 Å². The van der Waals surface area contributed by atoms with Crippen LogP contribution in [0.25, 0.3) is 0 Å². The van der Waals surface area contributed by atoms with Crippen LogP contribution in [0, 0.1) is 5.92 Å². The fourth-order valence-corrected chi connectivity index (χ4v) is 2.73. The third-order valence-corrected chi connectivity index (χ3v) is 3.71. The molecule has 0 aromatic heterocycles. The average molecular weight is 234 g/mol. The van der Waals surface area contributed by atoms with E-state index in [9.17, 15) is 0 Å². The number of benzene rings is 1. The third-order valence-electron chi connectivity index (χ3n) is 3.71. The van der Waals surface area contributed by atoms with Gasteiger partial charge in [0.1, 0.15) is 0 Å². The van der Waals surface area contributed by atoms with Crippen molar-refractivity contribution in [1.82, 2.24) is 5.32 Å². The Morgan fingerprint density at radius 3 is 3.18 bits per heavy atom. The maximum Gasteiger partial charge on any atom is 0.231 e. The van der Waals surface area contributed by atoms with Crippen molar-refractivity contribution in [3.63, 3.8) is 0 Å². The van der Waals surface area contributed by atoms with Crippen LogP contribution >= 0.6 is 0 Å². The molecule has 2 unspecified atom stereocenters. The number of para-hydroxylation sites is 1. The second-order valence-electron chi connectivity index (χ2n) is 4.70. The fraction of sp³-hybridized carbons (Fsp3) is 0.538. The topological polar surface area (TPSA) is 56.5 Å². The second-order valence-corrected chi connectivity index (χ2v) is 4.70. The van der Waals surface area contributed by atoms with Crippen LogP contribution in [0.4, 0.5) is 0 Å². The van der Waals surface area contributed by atoms with Gasteiger partial charge in [-0.15, -0.1) is 0 Å². The molecule has 17 heavy (non-hydrogen) atoms. The highest BCUT2D eigenvalue weighted by Gasteiger charge is 2.28. The quantitative estimate of drug-likeness (QED) is 0.815. The molecular weight excluding hydrogens is 216 g/mol. The Balaban J connectivity index is 1.79. The number of fused-ring (bicyclic) bond motifs is 1. The molecule has 4 heteroatoms. The normalized spacial score (nSPS) is 26.4. The Bertz CT molecular complexity index is 408. The summed E-state index contributed by atoms with van der Waals surface area (Å²) in [6, 6.07) is 6.56. The van der Waals surface area contributed by atoms with Gasteiger partial charge in [0.05, 0.1) is 0 Å². The summed E-state index contributed by atoms with van der Waals surface area (Å²) < 4.78 is 10.9. The lowest BCUT2D eigenvalue weighted by Gasteiger charge is -2.18. The van der Waals surface area contributed by atoms with Crippen LogP contribution in [0.5, 0.6) is 11.5 Å². The smallest absolute Gasteiger partial charge is 0.231 e. The van der Waals surface area contributed by atoms with Gasteiger partial charge in [0, 0.05) is 6.04 Å². The Morgan fingerprint density at radius 2 is 2.29 bits per heavy atom. The minimum absolute atomic E-state index is 0.338. The number of nitrogens with two attached hydrogens (primary N) is 1. The molecule has 3 rings (SSSR count). The number of rotatable bonds is 3. The Morgan fingerprint density at radius 1 is 1.35 bits per heavy atom. The largest absolute Gasteiger partial charge is 0.454 e. The summed E-state index contributed by atoms with van der Waals surface area (Å²) in [5, 5.41) is 3.52. The van der Waals surface area contributed by atoms with Crippen molar-refractivity contribution in [3.8, 4) is 11.5 Å². The number of hydrogen-bond donors (Lipinski definition) is 2. The zero-order valence-corrected chi connectivity index (χ0v) is 9.82. The summed E-state index contributed by atoms with van der Waals surface area (Å²) in [6.45, 7) is 2.16. The maximum atomic E-state index is 5.79. The monoisotopic (exact) mass is 234 g/mol. The molecule has 2 atom stereocenters. The van der Waals surface area contributed by atoms with Crippen LogP contribution in [0.15, 0.2) is 18.2 Å². The molecular formula is C13H18N2O2. The van der Waals surface area contributed by atoms with Crippen molar-refractivity contribution in [3.05, 3.63) is 23.8 Å². The van der Waals surface area contributed by atoms with Crippen molar-refractivity contribution in [2.24, 2.45) is 11.7 Å². The molecule has 3 N–H and O–H groups in total. The fourth-order valence-electron chi connectivity index (χ4n) is 2.73. The van der Waals surface area contributed by atoms with E-state index in [2.05, 4.69) is 11.4 Å². The molecule has 0 radical (unpaired) electrons. The lowest BCUT2D eigenvalue weighted by Crippen LogP contribution is -2.33. The van der Waals surface area contributed by atoms with Gasteiger partial charge in [0.25, 0.3) is 0 Å². The highest BCUT2D eigenvalue weighted by Crippen LogP contribution is 2.36. The van der Waals surface area contributed by atoms with Gasteiger partial charge in [-0.1, -0.05) is 12.1 Å². The molecule has 4 nitrogen and oxygen atoms in total. The summed E-state index contributed by atoms with van der Waals surface area (Å²) in [7, 11) is 0. The van der Waals surface area contributed by atoms with Crippen molar-refractivity contribution in [2.75, 3.05) is 19.9 Å². The van der Waals surface area contributed by atoms with E-state index in [0.717, 1.165) is 31.0 Å². The maximum absolute atomic E-state index is 5.79. The summed E-state index contributed by atoms with van der Waals surface area (Å²) in [6.07, 6.45) is 2.14. The van der Waals surface area contributed by atoms with E-state index < -0.39 is 0 Å². The number of ether oxygens (including phenoxy) is 2.